The fraction of sp³-hybridized carbons (Fsp3) is 0.565. The molecule has 0 radical (unpaired) electrons. The summed E-state index contributed by atoms with van der Waals surface area (Å²) >= 11 is 0. The van der Waals surface area contributed by atoms with Gasteiger partial charge >= 0.3 is 0 Å². The Morgan fingerprint density at radius 3 is 2.21 bits per heavy atom. The molecule has 0 spiro atoms. The highest BCUT2D eigenvalue weighted by Gasteiger charge is 2.21. The minimum Gasteiger partial charge on any atom is -0.373 e. The second-order valence-corrected chi connectivity index (χ2v) is 6.97. The molecule has 0 saturated heterocycles. The summed E-state index contributed by atoms with van der Waals surface area (Å²) in [4.78, 5) is 0. The first-order chi connectivity index (χ1) is 11.8. The smallest absolute Gasteiger partial charge is 0.0721 e. The van der Waals surface area contributed by atoms with Crippen molar-refractivity contribution >= 4 is 0 Å². The van der Waals surface area contributed by atoms with Crippen LogP contribution in [-0.2, 0) is 11.3 Å². The third kappa shape index (κ3) is 6.65. The van der Waals surface area contributed by atoms with Gasteiger partial charge in [-0.1, -0.05) is 62.4 Å². The van der Waals surface area contributed by atoms with Crippen molar-refractivity contribution in [2.45, 2.75) is 71.3 Å². The van der Waals surface area contributed by atoms with Gasteiger partial charge in [0.25, 0.3) is 0 Å². The second-order valence-electron chi connectivity index (χ2n) is 6.97. The molecule has 0 bridgehead atoms. The average Bonchev–Trinajstić information content (AvgIpc) is 2.63. The van der Waals surface area contributed by atoms with Crippen LogP contribution < -0.4 is 0 Å². The van der Waals surface area contributed by atoms with Crippen molar-refractivity contribution < 1.29 is 4.74 Å². The Bertz CT molecular complexity index is 489. The maximum absolute atomic E-state index is 5.67. The largest absolute Gasteiger partial charge is 0.373 e. The standard InChI is InChI=1S/C23H34O/c1-3-5-7-9-20-10-14-22(15-11-20)23-16-12-21(13-17-23)19-24-18-8-6-4-2/h5-8,12-13,16-17,20,22H,3-4,9-11,14-15,18-19H2,1-2H3/b7-5+,8-6?. The van der Waals surface area contributed by atoms with E-state index in [2.05, 4.69) is 62.4 Å². The Morgan fingerprint density at radius 1 is 0.875 bits per heavy atom. The van der Waals surface area contributed by atoms with Crippen LogP contribution >= 0.6 is 0 Å². The van der Waals surface area contributed by atoms with Crippen LogP contribution in [0.3, 0.4) is 0 Å². The molecule has 1 aromatic rings. The van der Waals surface area contributed by atoms with Crippen molar-refractivity contribution in [1.29, 1.82) is 0 Å². The quantitative estimate of drug-likeness (QED) is 0.358. The zero-order valence-electron chi connectivity index (χ0n) is 15.5. The van der Waals surface area contributed by atoms with Gasteiger partial charge in [-0.15, -0.1) is 0 Å². The fourth-order valence-corrected chi connectivity index (χ4v) is 3.55. The van der Waals surface area contributed by atoms with Crippen LogP contribution in [0.2, 0.25) is 0 Å². The summed E-state index contributed by atoms with van der Waals surface area (Å²) in [5.74, 6) is 1.67. The highest BCUT2D eigenvalue weighted by Crippen LogP contribution is 2.37. The summed E-state index contributed by atoms with van der Waals surface area (Å²) < 4.78 is 5.67. The fourth-order valence-electron chi connectivity index (χ4n) is 3.55. The summed E-state index contributed by atoms with van der Waals surface area (Å²) in [6, 6.07) is 9.13. The van der Waals surface area contributed by atoms with Crippen LogP contribution in [0.25, 0.3) is 0 Å². The molecular weight excluding hydrogens is 292 g/mol. The Morgan fingerprint density at radius 2 is 1.54 bits per heavy atom. The van der Waals surface area contributed by atoms with Gasteiger partial charge in [-0.3, -0.25) is 0 Å². The predicted octanol–water partition coefficient (Wildman–Crippen LogP) is 6.80. The molecule has 1 fully saturated rings. The molecule has 1 aromatic carbocycles. The van der Waals surface area contributed by atoms with E-state index in [9.17, 15) is 0 Å². The number of ether oxygens (including phenoxy) is 1. The van der Waals surface area contributed by atoms with Crippen LogP contribution in [0, 0.1) is 5.92 Å². The van der Waals surface area contributed by atoms with E-state index in [4.69, 9.17) is 4.74 Å². The molecule has 2 rings (SSSR count). The zero-order chi connectivity index (χ0) is 17.0. The molecule has 0 N–H and O–H groups in total. The Kier molecular flexibility index (Phi) is 8.91. The Labute approximate surface area is 148 Å². The maximum atomic E-state index is 5.67. The summed E-state index contributed by atoms with van der Waals surface area (Å²) in [6.45, 7) is 5.78. The van der Waals surface area contributed by atoms with Gasteiger partial charge in [0.1, 0.15) is 0 Å². The molecule has 0 heterocycles. The van der Waals surface area contributed by atoms with Crippen molar-refractivity contribution in [1.82, 2.24) is 0 Å². The maximum Gasteiger partial charge on any atom is 0.0721 e. The summed E-state index contributed by atoms with van der Waals surface area (Å²) in [5.41, 5.74) is 2.80. The van der Waals surface area contributed by atoms with E-state index in [0.717, 1.165) is 18.3 Å². The molecule has 0 amide bonds. The van der Waals surface area contributed by atoms with E-state index in [0.29, 0.717) is 13.2 Å². The SMILES string of the molecule is CCC=CCOCc1ccc(C2CCC(C/C=C/CC)CC2)cc1. The molecule has 0 aromatic heterocycles. The number of allylic oxidation sites excluding steroid dienone is 3. The molecule has 0 atom stereocenters. The van der Waals surface area contributed by atoms with Gasteiger partial charge in [-0.05, 0) is 67.9 Å². The number of hydrogen-bond acceptors (Lipinski definition) is 1. The minimum atomic E-state index is 0.713. The monoisotopic (exact) mass is 326 g/mol. The van der Waals surface area contributed by atoms with Crippen LogP contribution in [0.1, 0.15) is 75.8 Å². The summed E-state index contributed by atoms with van der Waals surface area (Å²) in [7, 11) is 0. The highest BCUT2D eigenvalue weighted by molar-refractivity contribution is 5.25. The average molecular weight is 327 g/mol. The zero-order valence-corrected chi connectivity index (χ0v) is 15.5. The summed E-state index contributed by atoms with van der Waals surface area (Å²) in [5, 5.41) is 0. The van der Waals surface area contributed by atoms with Crippen LogP contribution in [0.15, 0.2) is 48.6 Å². The van der Waals surface area contributed by atoms with E-state index in [1.165, 1.54) is 49.7 Å². The van der Waals surface area contributed by atoms with Crippen molar-refractivity contribution in [2.75, 3.05) is 6.61 Å². The number of rotatable bonds is 9. The highest BCUT2D eigenvalue weighted by atomic mass is 16.5. The molecule has 1 heteroatoms. The first-order valence-corrected chi connectivity index (χ1v) is 9.80. The lowest BCUT2D eigenvalue weighted by atomic mass is 9.77. The van der Waals surface area contributed by atoms with E-state index in [1.807, 2.05) is 0 Å². The van der Waals surface area contributed by atoms with Gasteiger partial charge in [-0.25, -0.2) is 0 Å². The second kappa shape index (κ2) is 11.3. The van der Waals surface area contributed by atoms with Gasteiger partial charge in [-0.2, -0.15) is 0 Å². The molecule has 132 valence electrons. The topological polar surface area (TPSA) is 9.23 Å². The van der Waals surface area contributed by atoms with Crippen molar-refractivity contribution in [3.8, 4) is 0 Å². The first kappa shape index (κ1) is 19.0. The van der Waals surface area contributed by atoms with Crippen molar-refractivity contribution in [3.63, 3.8) is 0 Å². The first-order valence-electron chi connectivity index (χ1n) is 9.80. The molecule has 24 heavy (non-hydrogen) atoms. The van der Waals surface area contributed by atoms with E-state index in [-0.39, 0.29) is 0 Å². The lowest BCUT2D eigenvalue weighted by Gasteiger charge is -2.28. The lowest BCUT2D eigenvalue weighted by molar-refractivity contribution is 0.148. The number of benzene rings is 1. The van der Waals surface area contributed by atoms with E-state index < -0.39 is 0 Å². The Balaban J connectivity index is 1.73. The number of hydrogen-bond donors (Lipinski definition) is 0. The third-order valence-corrected chi connectivity index (χ3v) is 5.05. The van der Waals surface area contributed by atoms with Crippen LogP contribution in [0.5, 0.6) is 0 Å². The Hall–Kier alpha value is -1.34. The van der Waals surface area contributed by atoms with Gasteiger partial charge < -0.3 is 4.74 Å². The molecular formula is C23H34O. The van der Waals surface area contributed by atoms with Gasteiger partial charge in [0.15, 0.2) is 0 Å². The molecule has 0 aliphatic heterocycles. The molecule has 0 unspecified atom stereocenters. The molecule has 1 nitrogen and oxygen atoms in total. The van der Waals surface area contributed by atoms with E-state index in [1.54, 1.807) is 0 Å². The predicted molar refractivity (Wildman–Crippen MR) is 104 cm³/mol. The molecule has 1 aliphatic rings. The van der Waals surface area contributed by atoms with Gasteiger partial charge in [0, 0.05) is 0 Å². The van der Waals surface area contributed by atoms with Crippen molar-refractivity contribution in [3.05, 3.63) is 59.7 Å². The molecule has 1 aliphatic carbocycles. The van der Waals surface area contributed by atoms with E-state index >= 15 is 0 Å². The summed E-state index contributed by atoms with van der Waals surface area (Å²) in [6.07, 6.45) is 17.9. The van der Waals surface area contributed by atoms with Gasteiger partial charge in [0.2, 0.25) is 0 Å². The third-order valence-electron chi connectivity index (χ3n) is 5.05. The molecule has 1 saturated carbocycles. The minimum absolute atomic E-state index is 0.713. The van der Waals surface area contributed by atoms with Crippen LogP contribution in [0.4, 0.5) is 0 Å². The van der Waals surface area contributed by atoms with Crippen molar-refractivity contribution in [2.24, 2.45) is 5.92 Å². The van der Waals surface area contributed by atoms with Crippen LogP contribution in [-0.4, -0.2) is 6.61 Å². The lowest BCUT2D eigenvalue weighted by Crippen LogP contribution is -2.12. The van der Waals surface area contributed by atoms with Gasteiger partial charge in [0.05, 0.1) is 13.2 Å². The normalized spacial score (nSPS) is 21.8.